The third-order valence-electron chi connectivity index (χ3n) is 2.91. The van der Waals surface area contributed by atoms with E-state index in [9.17, 15) is 4.79 Å². The van der Waals surface area contributed by atoms with Crippen molar-refractivity contribution in [3.05, 3.63) is 0 Å². The fraction of sp³-hybridized carbons (Fsp3) is 0.923. The van der Waals surface area contributed by atoms with E-state index < -0.39 is 0 Å². The maximum atomic E-state index is 11.5. The van der Waals surface area contributed by atoms with E-state index in [1.807, 2.05) is 21.6 Å². The number of rotatable bonds is 9. The Morgan fingerprint density at radius 2 is 2.17 bits per heavy atom. The standard InChI is InChI=1S/C13H26N2OS2/c1-11(2)14-8-9-15-13(16)6-4-3-5-12-7-10-17-18-12/h11-12,14H,3-10H2,1-2H3,(H,15,16). The molecule has 0 bridgehead atoms. The molecule has 1 fully saturated rings. The zero-order chi connectivity index (χ0) is 13.2. The molecule has 3 nitrogen and oxygen atoms in total. The van der Waals surface area contributed by atoms with Gasteiger partial charge < -0.3 is 10.6 Å². The maximum Gasteiger partial charge on any atom is 0.220 e. The predicted molar refractivity (Wildman–Crippen MR) is 83.1 cm³/mol. The second-order valence-corrected chi connectivity index (χ2v) is 7.82. The maximum absolute atomic E-state index is 11.5. The number of nitrogens with one attached hydrogen (secondary N) is 2. The quantitative estimate of drug-likeness (QED) is 0.506. The van der Waals surface area contributed by atoms with Crippen molar-refractivity contribution in [2.45, 2.75) is 57.2 Å². The van der Waals surface area contributed by atoms with Crippen molar-refractivity contribution >= 4 is 27.5 Å². The molecule has 18 heavy (non-hydrogen) atoms. The smallest absolute Gasteiger partial charge is 0.220 e. The highest BCUT2D eigenvalue weighted by molar-refractivity contribution is 8.77. The van der Waals surface area contributed by atoms with Crippen LogP contribution in [0.4, 0.5) is 0 Å². The second-order valence-electron chi connectivity index (χ2n) is 5.03. The van der Waals surface area contributed by atoms with Gasteiger partial charge in [0, 0.05) is 36.6 Å². The van der Waals surface area contributed by atoms with Crippen LogP contribution in [0, 0.1) is 0 Å². The molecule has 1 aliphatic heterocycles. The molecule has 2 N–H and O–H groups in total. The molecular weight excluding hydrogens is 264 g/mol. The Bertz CT molecular complexity index is 231. The molecule has 1 atom stereocenters. The van der Waals surface area contributed by atoms with Crippen LogP contribution in [-0.4, -0.2) is 36.0 Å². The van der Waals surface area contributed by atoms with Crippen LogP contribution in [0.1, 0.15) is 46.0 Å². The molecule has 1 heterocycles. The Morgan fingerprint density at radius 3 is 2.83 bits per heavy atom. The molecule has 1 rings (SSSR count). The SMILES string of the molecule is CC(C)NCCNC(=O)CCCCC1CCSS1. The molecule has 106 valence electrons. The van der Waals surface area contributed by atoms with Gasteiger partial charge in [-0.1, -0.05) is 41.9 Å². The molecule has 0 saturated carbocycles. The Hall–Kier alpha value is 0.130. The Labute approximate surface area is 119 Å². The monoisotopic (exact) mass is 290 g/mol. The first-order valence-corrected chi connectivity index (χ1v) is 9.35. The van der Waals surface area contributed by atoms with Crippen molar-refractivity contribution in [2.75, 3.05) is 18.8 Å². The summed E-state index contributed by atoms with van der Waals surface area (Å²) in [4.78, 5) is 11.5. The molecule has 0 aromatic rings. The molecule has 0 aromatic carbocycles. The van der Waals surface area contributed by atoms with Gasteiger partial charge in [-0.05, 0) is 19.3 Å². The Balaban J connectivity index is 1.87. The minimum absolute atomic E-state index is 0.203. The third kappa shape index (κ3) is 8.27. The fourth-order valence-electron chi connectivity index (χ4n) is 1.87. The fourth-order valence-corrected chi connectivity index (χ4v) is 4.90. The van der Waals surface area contributed by atoms with Gasteiger partial charge in [0.2, 0.25) is 5.91 Å². The van der Waals surface area contributed by atoms with Crippen LogP contribution < -0.4 is 10.6 Å². The summed E-state index contributed by atoms with van der Waals surface area (Å²) in [6.45, 7) is 5.83. The summed E-state index contributed by atoms with van der Waals surface area (Å²) < 4.78 is 0. The molecule has 0 spiro atoms. The molecule has 1 aliphatic rings. The highest BCUT2D eigenvalue weighted by Gasteiger charge is 2.15. The number of carbonyl (C=O) groups excluding carboxylic acids is 1. The van der Waals surface area contributed by atoms with Crippen LogP contribution in [0.15, 0.2) is 0 Å². The lowest BCUT2D eigenvalue weighted by Crippen LogP contribution is -2.34. The van der Waals surface area contributed by atoms with Gasteiger partial charge in [-0.2, -0.15) is 0 Å². The summed E-state index contributed by atoms with van der Waals surface area (Å²) in [5.74, 6) is 1.51. The van der Waals surface area contributed by atoms with Crippen LogP contribution in [0.5, 0.6) is 0 Å². The van der Waals surface area contributed by atoms with Gasteiger partial charge in [-0.15, -0.1) is 0 Å². The van der Waals surface area contributed by atoms with E-state index in [1.54, 1.807) is 0 Å². The average Bonchev–Trinajstić information content (AvgIpc) is 2.83. The first-order chi connectivity index (χ1) is 8.68. The van der Waals surface area contributed by atoms with Gasteiger partial charge >= 0.3 is 0 Å². The summed E-state index contributed by atoms with van der Waals surface area (Å²) >= 11 is 0. The van der Waals surface area contributed by atoms with Gasteiger partial charge in [0.1, 0.15) is 0 Å². The van der Waals surface area contributed by atoms with Crippen molar-refractivity contribution in [3.63, 3.8) is 0 Å². The summed E-state index contributed by atoms with van der Waals surface area (Å²) in [6.07, 6.45) is 5.54. The van der Waals surface area contributed by atoms with E-state index in [-0.39, 0.29) is 5.91 Å². The van der Waals surface area contributed by atoms with Crippen LogP contribution >= 0.6 is 21.6 Å². The topological polar surface area (TPSA) is 41.1 Å². The van der Waals surface area contributed by atoms with Crippen LogP contribution in [-0.2, 0) is 4.79 Å². The van der Waals surface area contributed by atoms with E-state index in [1.165, 1.54) is 25.0 Å². The molecule has 0 aliphatic carbocycles. The van der Waals surface area contributed by atoms with Crippen molar-refractivity contribution in [2.24, 2.45) is 0 Å². The predicted octanol–water partition coefficient (Wildman–Crippen LogP) is 2.81. The highest BCUT2D eigenvalue weighted by Crippen LogP contribution is 2.39. The minimum atomic E-state index is 0.203. The van der Waals surface area contributed by atoms with Crippen molar-refractivity contribution in [1.29, 1.82) is 0 Å². The number of unbranched alkanes of at least 4 members (excludes halogenated alkanes) is 1. The molecule has 0 aromatic heterocycles. The number of amides is 1. The zero-order valence-corrected chi connectivity index (χ0v) is 13.2. The number of hydrogen-bond donors (Lipinski definition) is 2. The lowest BCUT2D eigenvalue weighted by Gasteiger charge is -2.09. The molecule has 0 radical (unpaired) electrons. The van der Waals surface area contributed by atoms with Crippen LogP contribution in [0.25, 0.3) is 0 Å². The van der Waals surface area contributed by atoms with Crippen molar-refractivity contribution in [1.82, 2.24) is 10.6 Å². The van der Waals surface area contributed by atoms with Crippen LogP contribution in [0.2, 0.25) is 0 Å². The molecular formula is C13H26N2OS2. The molecule has 1 unspecified atom stereocenters. The third-order valence-corrected chi connectivity index (χ3v) is 5.91. The van der Waals surface area contributed by atoms with E-state index in [0.29, 0.717) is 12.5 Å². The van der Waals surface area contributed by atoms with E-state index in [2.05, 4.69) is 24.5 Å². The first kappa shape index (κ1) is 16.2. The van der Waals surface area contributed by atoms with Gasteiger partial charge in [-0.25, -0.2) is 0 Å². The van der Waals surface area contributed by atoms with Gasteiger partial charge in [-0.3, -0.25) is 4.79 Å². The van der Waals surface area contributed by atoms with Gasteiger partial charge in [0.15, 0.2) is 0 Å². The summed E-state index contributed by atoms with van der Waals surface area (Å²) in [5, 5.41) is 7.08. The van der Waals surface area contributed by atoms with Gasteiger partial charge in [0.25, 0.3) is 0 Å². The Morgan fingerprint density at radius 1 is 1.33 bits per heavy atom. The average molecular weight is 290 g/mol. The van der Waals surface area contributed by atoms with Gasteiger partial charge in [0.05, 0.1) is 0 Å². The second kappa shape index (κ2) is 9.98. The lowest BCUT2D eigenvalue weighted by molar-refractivity contribution is -0.121. The summed E-state index contributed by atoms with van der Waals surface area (Å²) in [6, 6.07) is 0.490. The summed E-state index contributed by atoms with van der Waals surface area (Å²) in [5.41, 5.74) is 0. The molecule has 1 amide bonds. The molecule has 1 saturated heterocycles. The van der Waals surface area contributed by atoms with E-state index in [0.717, 1.165) is 24.8 Å². The first-order valence-electron chi connectivity index (χ1n) is 6.97. The van der Waals surface area contributed by atoms with Crippen molar-refractivity contribution in [3.8, 4) is 0 Å². The van der Waals surface area contributed by atoms with E-state index >= 15 is 0 Å². The van der Waals surface area contributed by atoms with Crippen molar-refractivity contribution < 1.29 is 4.79 Å². The zero-order valence-electron chi connectivity index (χ0n) is 11.5. The lowest BCUT2D eigenvalue weighted by atomic mass is 10.1. The largest absolute Gasteiger partial charge is 0.355 e. The summed E-state index contributed by atoms with van der Waals surface area (Å²) in [7, 11) is 4.02. The number of carbonyl (C=O) groups is 1. The minimum Gasteiger partial charge on any atom is -0.355 e. The van der Waals surface area contributed by atoms with E-state index in [4.69, 9.17) is 0 Å². The molecule has 5 heteroatoms. The Kier molecular flexibility index (Phi) is 8.98. The normalized spacial score (nSPS) is 19.4. The van der Waals surface area contributed by atoms with Crippen LogP contribution in [0.3, 0.4) is 0 Å². The highest BCUT2D eigenvalue weighted by atomic mass is 33.1. The number of hydrogen-bond acceptors (Lipinski definition) is 4.